The first kappa shape index (κ1) is 11.1. The fraction of sp³-hybridized carbons (Fsp3) is 0.636. The number of aliphatic hydroxyl groups excluding tert-OH is 1. The third-order valence-electron chi connectivity index (χ3n) is 2.69. The molecule has 0 amide bonds. The average Bonchev–Trinajstić information content (AvgIpc) is 2.83. The van der Waals surface area contributed by atoms with Crippen LogP contribution in [0.2, 0.25) is 0 Å². The normalized spacial score (nSPS) is 15.4. The Hall–Kier alpha value is -1.36. The monoisotopic (exact) mass is 222 g/mol. The van der Waals surface area contributed by atoms with Crippen molar-refractivity contribution in [1.82, 2.24) is 9.97 Å². The largest absolute Gasteiger partial charge is 0.396 e. The minimum Gasteiger partial charge on any atom is -0.396 e. The lowest BCUT2D eigenvalue weighted by molar-refractivity contribution is 0.292. The summed E-state index contributed by atoms with van der Waals surface area (Å²) in [6.45, 7) is 3.08. The van der Waals surface area contributed by atoms with Crippen molar-refractivity contribution in [2.45, 2.75) is 19.3 Å². The Morgan fingerprint density at radius 2 is 2.19 bits per heavy atom. The molecule has 2 rings (SSSR count). The third kappa shape index (κ3) is 2.82. The maximum Gasteiger partial charge on any atom is 0.224 e. The molecule has 0 unspecified atom stereocenters. The highest BCUT2D eigenvalue weighted by Gasteiger charge is 2.13. The van der Waals surface area contributed by atoms with Gasteiger partial charge in [-0.15, -0.1) is 0 Å². The number of rotatable bonds is 5. The summed E-state index contributed by atoms with van der Waals surface area (Å²) in [7, 11) is 0. The first-order chi connectivity index (χ1) is 7.90. The average molecular weight is 222 g/mol. The molecular formula is C11H18N4O. The van der Waals surface area contributed by atoms with Crippen LogP contribution in [0.5, 0.6) is 0 Å². The fourth-order valence-corrected chi connectivity index (χ4v) is 1.84. The van der Waals surface area contributed by atoms with E-state index in [0.29, 0.717) is 12.5 Å². The van der Waals surface area contributed by atoms with Crippen LogP contribution < -0.4 is 10.2 Å². The van der Waals surface area contributed by atoms with Crippen molar-refractivity contribution < 1.29 is 5.11 Å². The fourth-order valence-electron chi connectivity index (χ4n) is 1.84. The first-order valence-electron chi connectivity index (χ1n) is 5.83. The molecule has 0 bridgehead atoms. The second-order valence-electron chi connectivity index (χ2n) is 3.94. The molecule has 1 aliphatic heterocycles. The van der Waals surface area contributed by atoms with Crippen LogP contribution >= 0.6 is 0 Å². The zero-order valence-electron chi connectivity index (χ0n) is 9.39. The molecule has 0 atom stereocenters. The van der Waals surface area contributed by atoms with Gasteiger partial charge in [-0.25, -0.2) is 4.98 Å². The lowest BCUT2D eigenvalue weighted by Crippen LogP contribution is -2.19. The molecule has 0 spiro atoms. The quantitative estimate of drug-likeness (QED) is 0.724. The Balaban J connectivity index is 1.95. The van der Waals surface area contributed by atoms with Gasteiger partial charge < -0.3 is 15.3 Å². The smallest absolute Gasteiger partial charge is 0.224 e. The van der Waals surface area contributed by atoms with Gasteiger partial charge in [0.2, 0.25) is 5.95 Å². The van der Waals surface area contributed by atoms with Gasteiger partial charge in [-0.3, -0.25) is 0 Å². The van der Waals surface area contributed by atoms with Crippen LogP contribution in [0.15, 0.2) is 12.3 Å². The molecule has 88 valence electrons. The Morgan fingerprint density at radius 1 is 1.38 bits per heavy atom. The SMILES string of the molecule is OCCCNc1nccc(N2CCCC2)n1. The van der Waals surface area contributed by atoms with Gasteiger partial charge in [0, 0.05) is 32.4 Å². The molecule has 0 saturated carbocycles. The molecule has 5 nitrogen and oxygen atoms in total. The van der Waals surface area contributed by atoms with Crippen LogP contribution in [-0.4, -0.2) is 41.3 Å². The molecule has 0 aromatic carbocycles. The van der Waals surface area contributed by atoms with Crippen molar-refractivity contribution in [2.24, 2.45) is 0 Å². The van der Waals surface area contributed by atoms with Crippen LogP contribution in [0.1, 0.15) is 19.3 Å². The summed E-state index contributed by atoms with van der Waals surface area (Å²) in [5.41, 5.74) is 0. The van der Waals surface area contributed by atoms with E-state index in [4.69, 9.17) is 5.11 Å². The van der Waals surface area contributed by atoms with Gasteiger partial charge in [0.1, 0.15) is 5.82 Å². The van der Waals surface area contributed by atoms with Crippen molar-refractivity contribution in [3.8, 4) is 0 Å². The van der Waals surface area contributed by atoms with Gasteiger partial charge in [0.25, 0.3) is 0 Å². The summed E-state index contributed by atoms with van der Waals surface area (Å²) < 4.78 is 0. The molecule has 0 radical (unpaired) electrons. The summed E-state index contributed by atoms with van der Waals surface area (Å²) in [5.74, 6) is 1.65. The topological polar surface area (TPSA) is 61.3 Å². The van der Waals surface area contributed by atoms with Crippen LogP contribution in [0.3, 0.4) is 0 Å². The van der Waals surface area contributed by atoms with Crippen LogP contribution in [0.4, 0.5) is 11.8 Å². The van der Waals surface area contributed by atoms with Crippen molar-refractivity contribution in [3.05, 3.63) is 12.3 Å². The van der Waals surface area contributed by atoms with E-state index in [1.807, 2.05) is 6.07 Å². The summed E-state index contributed by atoms with van der Waals surface area (Å²) in [5, 5.41) is 11.8. The van der Waals surface area contributed by atoms with E-state index in [1.54, 1.807) is 6.20 Å². The van der Waals surface area contributed by atoms with Gasteiger partial charge in [-0.2, -0.15) is 4.98 Å². The van der Waals surface area contributed by atoms with E-state index in [0.717, 1.165) is 25.3 Å². The molecule has 1 aromatic heterocycles. The van der Waals surface area contributed by atoms with Crippen LogP contribution in [0, 0.1) is 0 Å². The lowest BCUT2D eigenvalue weighted by atomic mass is 10.4. The van der Waals surface area contributed by atoms with E-state index in [9.17, 15) is 0 Å². The minimum absolute atomic E-state index is 0.193. The van der Waals surface area contributed by atoms with Crippen molar-refractivity contribution in [1.29, 1.82) is 0 Å². The highest BCUT2D eigenvalue weighted by Crippen LogP contribution is 2.17. The molecule has 5 heteroatoms. The molecular weight excluding hydrogens is 204 g/mol. The van der Waals surface area contributed by atoms with E-state index in [2.05, 4.69) is 20.2 Å². The molecule has 0 aliphatic carbocycles. The number of hydrogen-bond acceptors (Lipinski definition) is 5. The molecule has 1 aliphatic rings. The highest BCUT2D eigenvalue weighted by atomic mass is 16.3. The molecule has 1 fully saturated rings. The number of nitrogens with one attached hydrogen (secondary N) is 1. The van der Waals surface area contributed by atoms with Gasteiger partial charge in [-0.1, -0.05) is 0 Å². The molecule has 1 saturated heterocycles. The molecule has 2 N–H and O–H groups in total. The highest BCUT2D eigenvalue weighted by molar-refractivity contribution is 5.43. The van der Waals surface area contributed by atoms with Crippen molar-refractivity contribution in [3.63, 3.8) is 0 Å². The Kier molecular flexibility index (Phi) is 3.93. The van der Waals surface area contributed by atoms with E-state index in [1.165, 1.54) is 12.8 Å². The third-order valence-corrected chi connectivity index (χ3v) is 2.69. The van der Waals surface area contributed by atoms with E-state index in [-0.39, 0.29) is 6.61 Å². The Labute approximate surface area is 95.5 Å². The number of hydrogen-bond donors (Lipinski definition) is 2. The predicted molar refractivity (Wildman–Crippen MR) is 63.7 cm³/mol. The van der Waals surface area contributed by atoms with Crippen molar-refractivity contribution >= 4 is 11.8 Å². The number of aliphatic hydroxyl groups is 1. The lowest BCUT2D eigenvalue weighted by Gasteiger charge is -2.16. The zero-order chi connectivity index (χ0) is 11.2. The second-order valence-corrected chi connectivity index (χ2v) is 3.94. The zero-order valence-corrected chi connectivity index (χ0v) is 9.39. The van der Waals surface area contributed by atoms with Crippen LogP contribution in [-0.2, 0) is 0 Å². The standard InChI is InChI=1S/C11H18N4O/c16-9-3-5-12-11-13-6-4-10(14-11)15-7-1-2-8-15/h4,6,16H,1-3,5,7-9H2,(H,12,13,14). The minimum atomic E-state index is 0.193. The first-order valence-corrected chi connectivity index (χ1v) is 5.83. The maximum absolute atomic E-state index is 8.68. The molecule has 16 heavy (non-hydrogen) atoms. The predicted octanol–water partition coefficient (Wildman–Crippen LogP) is 0.871. The maximum atomic E-state index is 8.68. The van der Waals surface area contributed by atoms with Crippen molar-refractivity contribution in [2.75, 3.05) is 36.5 Å². The molecule has 1 aromatic rings. The van der Waals surface area contributed by atoms with E-state index >= 15 is 0 Å². The summed E-state index contributed by atoms with van der Waals surface area (Å²) in [6, 6.07) is 1.95. The van der Waals surface area contributed by atoms with Gasteiger partial charge >= 0.3 is 0 Å². The second kappa shape index (κ2) is 5.65. The van der Waals surface area contributed by atoms with Gasteiger partial charge in [-0.05, 0) is 25.3 Å². The summed E-state index contributed by atoms with van der Waals surface area (Å²) in [4.78, 5) is 10.9. The summed E-state index contributed by atoms with van der Waals surface area (Å²) >= 11 is 0. The Morgan fingerprint density at radius 3 is 2.94 bits per heavy atom. The summed E-state index contributed by atoms with van der Waals surface area (Å²) in [6.07, 6.45) is 4.99. The van der Waals surface area contributed by atoms with Gasteiger partial charge in [0.15, 0.2) is 0 Å². The number of nitrogens with zero attached hydrogens (tertiary/aromatic N) is 3. The van der Waals surface area contributed by atoms with Crippen LogP contribution in [0.25, 0.3) is 0 Å². The number of anilines is 2. The Bertz CT molecular complexity index is 326. The van der Waals surface area contributed by atoms with Gasteiger partial charge in [0.05, 0.1) is 0 Å². The number of aromatic nitrogens is 2. The molecule has 2 heterocycles. The van der Waals surface area contributed by atoms with E-state index < -0.39 is 0 Å².